The summed E-state index contributed by atoms with van der Waals surface area (Å²) >= 11 is 0. The largest absolute Gasteiger partial charge is 0.497 e. The Kier molecular flexibility index (Phi) is 6.66. The highest BCUT2D eigenvalue weighted by Crippen LogP contribution is 2.42. The molecule has 2 aliphatic rings. The van der Waals surface area contributed by atoms with Gasteiger partial charge in [-0.1, -0.05) is 31.4 Å². The molecule has 5 rings (SSSR count). The molecular formula is C28H28F3N3O4. The standard InChI is InChI=1S/C28H28F3N3O4/c1-37-21-12-10-20(11-13-21)34-23-22(24(32-34)28(29,30)31)14-17-33(25(23)35)19-8-6-18(7-9-19)27(26(36)38-2)15-4-3-5-16-27/h6-13H,3-5,14-17H2,1-2H3. The average Bonchev–Trinajstić information content (AvgIpc) is 3.35. The molecule has 1 fully saturated rings. The number of hydrogen-bond donors (Lipinski definition) is 0. The van der Waals surface area contributed by atoms with E-state index in [2.05, 4.69) is 5.10 Å². The van der Waals surface area contributed by atoms with Gasteiger partial charge in [-0.05, 0) is 61.2 Å². The molecule has 0 radical (unpaired) electrons. The van der Waals surface area contributed by atoms with Gasteiger partial charge in [0.25, 0.3) is 5.91 Å². The second-order valence-electron chi connectivity index (χ2n) is 9.67. The third-order valence-electron chi connectivity index (χ3n) is 7.62. The molecule has 2 aromatic carbocycles. The van der Waals surface area contributed by atoms with E-state index in [9.17, 15) is 22.8 Å². The topological polar surface area (TPSA) is 73.7 Å². The van der Waals surface area contributed by atoms with E-state index in [0.717, 1.165) is 29.5 Å². The van der Waals surface area contributed by atoms with Crippen LogP contribution in [0.25, 0.3) is 5.69 Å². The molecule has 2 heterocycles. The van der Waals surface area contributed by atoms with E-state index in [0.29, 0.717) is 30.0 Å². The van der Waals surface area contributed by atoms with Crippen LogP contribution in [0, 0.1) is 0 Å². The lowest BCUT2D eigenvalue weighted by molar-refractivity contribution is -0.149. The molecule has 1 saturated carbocycles. The van der Waals surface area contributed by atoms with Crippen LogP contribution in [0.1, 0.15) is 59.4 Å². The monoisotopic (exact) mass is 527 g/mol. The summed E-state index contributed by atoms with van der Waals surface area (Å²) in [5.41, 5.74) is -0.324. The van der Waals surface area contributed by atoms with Crippen molar-refractivity contribution in [3.8, 4) is 11.4 Å². The minimum atomic E-state index is -4.70. The predicted molar refractivity (Wildman–Crippen MR) is 134 cm³/mol. The average molecular weight is 528 g/mol. The zero-order chi connectivity index (χ0) is 27.1. The van der Waals surface area contributed by atoms with Gasteiger partial charge in [0.05, 0.1) is 25.3 Å². The molecule has 10 heteroatoms. The summed E-state index contributed by atoms with van der Waals surface area (Å²) in [4.78, 5) is 27.9. The molecule has 38 heavy (non-hydrogen) atoms. The third kappa shape index (κ3) is 4.31. The summed E-state index contributed by atoms with van der Waals surface area (Å²) in [5, 5.41) is 3.83. The van der Waals surface area contributed by atoms with Crippen LogP contribution in [0.2, 0.25) is 0 Å². The fourth-order valence-electron chi connectivity index (χ4n) is 5.67. The van der Waals surface area contributed by atoms with Crippen molar-refractivity contribution in [1.29, 1.82) is 0 Å². The van der Waals surface area contributed by atoms with Crippen LogP contribution in [-0.2, 0) is 27.5 Å². The highest BCUT2D eigenvalue weighted by Gasteiger charge is 2.44. The number of esters is 1. The van der Waals surface area contributed by atoms with Crippen molar-refractivity contribution >= 4 is 17.6 Å². The van der Waals surface area contributed by atoms with Crippen molar-refractivity contribution < 1.29 is 32.2 Å². The maximum atomic E-state index is 13.9. The van der Waals surface area contributed by atoms with Crippen molar-refractivity contribution in [1.82, 2.24) is 9.78 Å². The Morgan fingerprint density at radius 1 is 0.947 bits per heavy atom. The van der Waals surface area contributed by atoms with Crippen LogP contribution < -0.4 is 9.64 Å². The first-order valence-electron chi connectivity index (χ1n) is 12.5. The van der Waals surface area contributed by atoms with Crippen molar-refractivity contribution in [3.63, 3.8) is 0 Å². The molecule has 0 saturated heterocycles. The van der Waals surface area contributed by atoms with E-state index in [4.69, 9.17) is 9.47 Å². The molecule has 0 bridgehead atoms. The summed E-state index contributed by atoms with van der Waals surface area (Å²) in [6, 6.07) is 13.5. The second-order valence-corrected chi connectivity index (χ2v) is 9.67. The molecule has 0 unspecified atom stereocenters. The minimum absolute atomic E-state index is 0.0000785. The number of benzene rings is 2. The lowest BCUT2D eigenvalue weighted by Crippen LogP contribution is -2.40. The Labute approximate surface area is 218 Å². The van der Waals surface area contributed by atoms with Gasteiger partial charge in [0.1, 0.15) is 11.4 Å². The summed E-state index contributed by atoms with van der Waals surface area (Å²) in [5.74, 6) is -0.313. The van der Waals surface area contributed by atoms with Gasteiger partial charge in [-0.25, -0.2) is 4.68 Å². The van der Waals surface area contributed by atoms with Crippen molar-refractivity contribution in [2.45, 2.75) is 50.1 Å². The van der Waals surface area contributed by atoms with E-state index < -0.39 is 23.2 Å². The SMILES string of the molecule is COC(=O)C1(c2ccc(N3CCc4c(C(F)(F)F)nn(-c5ccc(OC)cc5)c4C3=O)cc2)CCCCC1. The zero-order valence-corrected chi connectivity index (χ0v) is 21.2. The quantitative estimate of drug-likeness (QED) is 0.411. The van der Waals surface area contributed by atoms with E-state index >= 15 is 0 Å². The van der Waals surface area contributed by atoms with Crippen LogP contribution in [-0.4, -0.2) is 42.4 Å². The van der Waals surface area contributed by atoms with Crippen LogP contribution in [0.4, 0.5) is 18.9 Å². The Balaban J connectivity index is 1.52. The number of alkyl halides is 3. The number of nitrogens with zero attached hydrogens (tertiary/aromatic N) is 3. The van der Waals surface area contributed by atoms with Gasteiger partial charge >= 0.3 is 12.1 Å². The highest BCUT2D eigenvalue weighted by molar-refractivity contribution is 6.07. The maximum Gasteiger partial charge on any atom is 0.435 e. The number of amides is 1. The number of ether oxygens (including phenoxy) is 2. The maximum absolute atomic E-state index is 13.9. The van der Waals surface area contributed by atoms with Gasteiger partial charge in [-0.2, -0.15) is 18.3 Å². The molecule has 1 amide bonds. The Bertz CT molecular complexity index is 1340. The predicted octanol–water partition coefficient (Wildman–Crippen LogP) is 5.48. The van der Waals surface area contributed by atoms with Crippen molar-refractivity contribution in [2.24, 2.45) is 0 Å². The summed E-state index contributed by atoms with van der Waals surface area (Å²) in [6.07, 6.45) is -0.432. The highest BCUT2D eigenvalue weighted by atomic mass is 19.4. The molecule has 7 nitrogen and oxygen atoms in total. The fourth-order valence-corrected chi connectivity index (χ4v) is 5.67. The number of carbonyl (C=O) groups is 2. The Morgan fingerprint density at radius 2 is 1.58 bits per heavy atom. The minimum Gasteiger partial charge on any atom is -0.497 e. The summed E-state index contributed by atoms with van der Waals surface area (Å²) in [6.45, 7) is 0.0741. The molecule has 200 valence electrons. The zero-order valence-electron chi connectivity index (χ0n) is 21.2. The molecule has 0 spiro atoms. The van der Waals surface area contributed by atoms with Gasteiger partial charge < -0.3 is 14.4 Å². The summed E-state index contributed by atoms with van der Waals surface area (Å²) < 4.78 is 52.9. The third-order valence-corrected chi connectivity index (χ3v) is 7.62. The van der Waals surface area contributed by atoms with Gasteiger partial charge in [0, 0.05) is 17.8 Å². The van der Waals surface area contributed by atoms with Gasteiger partial charge in [0.15, 0.2) is 5.69 Å². The molecule has 1 aromatic heterocycles. The van der Waals surface area contributed by atoms with Crippen molar-refractivity contribution in [3.05, 3.63) is 71.0 Å². The molecule has 0 atom stereocenters. The lowest BCUT2D eigenvalue weighted by Gasteiger charge is -2.35. The Hall–Kier alpha value is -3.82. The van der Waals surface area contributed by atoms with Gasteiger partial charge in [0.2, 0.25) is 0 Å². The van der Waals surface area contributed by atoms with E-state index in [1.54, 1.807) is 36.4 Å². The van der Waals surface area contributed by atoms with Gasteiger partial charge in [-0.15, -0.1) is 0 Å². The molecule has 3 aromatic rings. The van der Waals surface area contributed by atoms with E-state index in [1.807, 2.05) is 12.1 Å². The molecule has 0 N–H and O–H groups in total. The van der Waals surface area contributed by atoms with Crippen LogP contribution in [0.5, 0.6) is 5.75 Å². The number of rotatable bonds is 5. The number of aromatic nitrogens is 2. The number of methoxy groups -OCH3 is 2. The smallest absolute Gasteiger partial charge is 0.435 e. The number of anilines is 1. The van der Waals surface area contributed by atoms with E-state index in [1.165, 1.54) is 19.1 Å². The molecule has 1 aliphatic heterocycles. The number of carbonyl (C=O) groups excluding carboxylic acids is 2. The number of hydrogen-bond acceptors (Lipinski definition) is 5. The fraction of sp³-hybridized carbons (Fsp3) is 0.393. The first kappa shape index (κ1) is 25.8. The van der Waals surface area contributed by atoms with Crippen LogP contribution in [0.15, 0.2) is 48.5 Å². The second kappa shape index (κ2) is 9.81. The number of halogens is 3. The Morgan fingerprint density at radius 3 is 2.16 bits per heavy atom. The van der Waals surface area contributed by atoms with Crippen molar-refractivity contribution in [2.75, 3.05) is 25.7 Å². The molecule has 1 aliphatic carbocycles. The lowest BCUT2D eigenvalue weighted by atomic mass is 9.69. The molecular weight excluding hydrogens is 499 g/mol. The first-order chi connectivity index (χ1) is 18.2. The summed E-state index contributed by atoms with van der Waals surface area (Å²) in [7, 11) is 2.87. The van der Waals surface area contributed by atoms with Gasteiger partial charge in [-0.3, -0.25) is 9.59 Å². The van der Waals surface area contributed by atoms with Crippen LogP contribution >= 0.6 is 0 Å². The first-order valence-corrected chi connectivity index (χ1v) is 12.5. The normalized spacial score (nSPS) is 17.2. The number of fused-ring (bicyclic) bond motifs is 1. The van der Waals surface area contributed by atoms with Crippen LogP contribution in [0.3, 0.4) is 0 Å². The van der Waals surface area contributed by atoms with E-state index in [-0.39, 0.29) is 30.2 Å².